The molecule has 2 aromatic carbocycles. The summed E-state index contributed by atoms with van der Waals surface area (Å²) in [7, 11) is 0. The lowest BCUT2D eigenvalue weighted by molar-refractivity contribution is -0.132. The molecule has 2 heterocycles. The van der Waals surface area contributed by atoms with Gasteiger partial charge in [-0.05, 0) is 56.0 Å². The second-order valence-electron chi connectivity index (χ2n) is 8.24. The lowest BCUT2D eigenvalue weighted by Crippen LogP contribution is -2.34. The van der Waals surface area contributed by atoms with Crippen molar-refractivity contribution in [1.82, 2.24) is 4.90 Å². The van der Waals surface area contributed by atoms with Crippen LogP contribution in [0.25, 0.3) is 11.0 Å². The second-order valence-corrected chi connectivity index (χ2v) is 8.24. The summed E-state index contributed by atoms with van der Waals surface area (Å²) in [5.41, 5.74) is 2.96. The van der Waals surface area contributed by atoms with Gasteiger partial charge in [0.05, 0.1) is 6.54 Å². The number of rotatable bonds is 5. The Kier molecular flexibility index (Phi) is 5.14. The molecule has 2 aliphatic rings. The van der Waals surface area contributed by atoms with Crippen LogP contribution < -0.4 is 15.1 Å². The SMILES string of the molecule is Cc1c(OCC(=O)N2CC[C@@H](Oc3ccccc3)C2)ccc2c3c(c(=O)oc12)CCC3. The fourth-order valence-electron chi connectivity index (χ4n) is 4.59. The highest BCUT2D eigenvalue weighted by Crippen LogP contribution is 2.33. The van der Waals surface area contributed by atoms with Gasteiger partial charge < -0.3 is 18.8 Å². The zero-order valence-electron chi connectivity index (χ0n) is 17.6. The van der Waals surface area contributed by atoms with E-state index in [9.17, 15) is 9.59 Å². The number of fused-ring (bicyclic) bond motifs is 3. The Bertz CT molecular complexity index is 1180. The van der Waals surface area contributed by atoms with E-state index in [1.165, 1.54) is 0 Å². The van der Waals surface area contributed by atoms with Crippen LogP contribution in [0.5, 0.6) is 11.5 Å². The van der Waals surface area contributed by atoms with Crippen LogP contribution in [0.3, 0.4) is 0 Å². The van der Waals surface area contributed by atoms with Gasteiger partial charge in [-0.15, -0.1) is 0 Å². The predicted molar refractivity (Wildman–Crippen MR) is 117 cm³/mol. The zero-order valence-corrected chi connectivity index (χ0v) is 17.6. The molecule has 0 spiro atoms. The molecular formula is C25H25NO5. The Hall–Kier alpha value is -3.28. The standard InChI is InChI=1S/C25H25NO5/c1-16-22(11-10-20-19-8-5-9-21(19)25(28)31-24(16)20)29-15-23(27)26-13-12-18(14-26)30-17-6-3-2-4-7-17/h2-4,6-7,10-11,18H,5,8-9,12-15H2,1H3/t18-/m1/s1. The molecule has 1 fully saturated rings. The van der Waals surface area contributed by atoms with Crippen LogP contribution in [0.4, 0.5) is 0 Å². The monoisotopic (exact) mass is 419 g/mol. The Morgan fingerprint density at radius 2 is 1.94 bits per heavy atom. The first-order valence-corrected chi connectivity index (χ1v) is 10.8. The molecule has 0 bridgehead atoms. The molecular weight excluding hydrogens is 394 g/mol. The van der Waals surface area contributed by atoms with E-state index in [0.717, 1.165) is 53.5 Å². The molecule has 0 radical (unpaired) electrons. The zero-order chi connectivity index (χ0) is 21.4. The maximum atomic E-state index is 12.7. The summed E-state index contributed by atoms with van der Waals surface area (Å²) in [6.07, 6.45) is 3.45. The van der Waals surface area contributed by atoms with Crippen molar-refractivity contribution in [2.45, 2.75) is 38.7 Å². The number of likely N-dealkylation sites (tertiary alicyclic amines) is 1. The summed E-state index contributed by atoms with van der Waals surface area (Å²) in [6, 6.07) is 13.5. The largest absolute Gasteiger partial charge is 0.489 e. The molecule has 1 amide bonds. The summed E-state index contributed by atoms with van der Waals surface area (Å²) < 4.78 is 17.4. The summed E-state index contributed by atoms with van der Waals surface area (Å²) >= 11 is 0. The number of amides is 1. The molecule has 3 aromatic rings. The van der Waals surface area contributed by atoms with Crippen LogP contribution in [-0.4, -0.2) is 36.6 Å². The number of carbonyl (C=O) groups excluding carboxylic acids is 1. The molecule has 1 saturated heterocycles. The molecule has 160 valence electrons. The molecule has 1 aliphatic heterocycles. The molecule has 31 heavy (non-hydrogen) atoms. The first-order chi connectivity index (χ1) is 15.1. The van der Waals surface area contributed by atoms with Crippen molar-refractivity contribution in [3.05, 3.63) is 69.6 Å². The minimum Gasteiger partial charge on any atom is -0.489 e. The number of benzene rings is 2. The third kappa shape index (κ3) is 3.78. The van der Waals surface area contributed by atoms with Crippen LogP contribution in [-0.2, 0) is 17.6 Å². The average Bonchev–Trinajstić information content (AvgIpc) is 3.45. The molecule has 5 rings (SSSR count). The minimum atomic E-state index is -0.252. The number of hydrogen-bond acceptors (Lipinski definition) is 5. The van der Waals surface area contributed by atoms with Crippen molar-refractivity contribution < 1.29 is 18.7 Å². The van der Waals surface area contributed by atoms with E-state index >= 15 is 0 Å². The van der Waals surface area contributed by atoms with Crippen molar-refractivity contribution in [2.24, 2.45) is 0 Å². The van der Waals surface area contributed by atoms with E-state index < -0.39 is 0 Å². The van der Waals surface area contributed by atoms with Gasteiger partial charge in [-0.3, -0.25) is 4.79 Å². The summed E-state index contributed by atoms with van der Waals surface area (Å²) in [6.45, 7) is 3.01. The molecule has 6 heteroatoms. The topological polar surface area (TPSA) is 69.0 Å². The van der Waals surface area contributed by atoms with Gasteiger partial charge in [0.1, 0.15) is 23.2 Å². The average molecular weight is 419 g/mol. The van der Waals surface area contributed by atoms with Crippen molar-refractivity contribution in [3.63, 3.8) is 0 Å². The van der Waals surface area contributed by atoms with Crippen LogP contribution >= 0.6 is 0 Å². The quantitative estimate of drug-likeness (QED) is 0.591. The number of para-hydroxylation sites is 1. The normalized spacial score (nSPS) is 17.7. The van der Waals surface area contributed by atoms with Gasteiger partial charge >= 0.3 is 5.63 Å². The van der Waals surface area contributed by atoms with E-state index in [-0.39, 0.29) is 24.2 Å². The van der Waals surface area contributed by atoms with Crippen LogP contribution in [0.15, 0.2) is 51.7 Å². The van der Waals surface area contributed by atoms with Crippen molar-refractivity contribution in [2.75, 3.05) is 19.7 Å². The highest BCUT2D eigenvalue weighted by molar-refractivity contribution is 5.86. The van der Waals surface area contributed by atoms with Gasteiger partial charge in [0, 0.05) is 29.5 Å². The van der Waals surface area contributed by atoms with Crippen molar-refractivity contribution >= 4 is 16.9 Å². The lowest BCUT2D eigenvalue weighted by atomic mass is 10.0. The second kappa shape index (κ2) is 8.10. The third-order valence-electron chi connectivity index (χ3n) is 6.24. The molecule has 1 atom stereocenters. The van der Waals surface area contributed by atoms with Gasteiger partial charge in [-0.1, -0.05) is 18.2 Å². The molecule has 0 saturated carbocycles. The maximum absolute atomic E-state index is 12.7. The van der Waals surface area contributed by atoms with Crippen LogP contribution in [0, 0.1) is 6.92 Å². The molecule has 0 N–H and O–H groups in total. The molecule has 6 nitrogen and oxygen atoms in total. The van der Waals surface area contributed by atoms with Gasteiger partial charge in [-0.25, -0.2) is 4.79 Å². The fourth-order valence-corrected chi connectivity index (χ4v) is 4.59. The van der Waals surface area contributed by atoms with E-state index in [4.69, 9.17) is 13.9 Å². The smallest absolute Gasteiger partial charge is 0.339 e. The Morgan fingerprint density at radius 3 is 2.77 bits per heavy atom. The summed E-state index contributed by atoms with van der Waals surface area (Å²) in [4.78, 5) is 26.8. The maximum Gasteiger partial charge on any atom is 0.339 e. The van der Waals surface area contributed by atoms with E-state index in [1.54, 1.807) is 4.90 Å². The van der Waals surface area contributed by atoms with Gasteiger partial charge in [0.2, 0.25) is 0 Å². The van der Waals surface area contributed by atoms with E-state index in [2.05, 4.69) is 0 Å². The highest BCUT2D eigenvalue weighted by Gasteiger charge is 2.28. The number of carbonyl (C=O) groups is 1. The minimum absolute atomic E-state index is 0.00914. The molecule has 1 aliphatic carbocycles. The van der Waals surface area contributed by atoms with Crippen LogP contribution in [0.1, 0.15) is 29.5 Å². The summed E-state index contributed by atoms with van der Waals surface area (Å²) in [5.74, 6) is 1.31. The lowest BCUT2D eigenvalue weighted by Gasteiger charge is -2.18. The predicted octanol–water partition coefficient (Wildman–Crippen LogP) is 3.65. The Labute approximate surface area is 180 Å². The van der Waals surface area contributed by atoms with E-state index in [1.807, 2.05) is 49.4 Å². The van der Waals surface area contributed by atoms with Crippen molar-refractivity contribution in [1.29, 1.82) is 0 Å². The van der Waals surface area contributed by atoms with Gasteiger partial charge in [-0.2, -0.15) is 0 Å². The fraction of sp³-hybridized carbons (Fsp3) is 0.360. The first kappa shape index (κ1) is 19.7. The van der Waals surface area contributed by atoms with E-state index in [0.29, 0.717) is 24.4 Å². The number of nitrogens with zero attached hydrogens (tertiary/aromatic N) is 1. The Balaban J connectivity index is 1.25. The van der Waals surface area contributed by atoms with Crippen molar-refractivity contribution in [3.8, 4) is 11.5 Å². The van der Waals surface area contributed by atoms with Gasteiger partial charge in [0.15, 0.2) is 6.61 Å². The number of aryl methyl sites for hydroxylation is 2. The highest BCUT2D eigenvalue weighted by atomic mass is 16.5. The van der Waals surface area contributed by atoms with Crippen LogP contribution in [0.2, 0.25) is 0 Å². The van der Waals surface area contributed by atoms with Gasteiger partial charge in [0.25, 0.3) is 5.91 Å². The third-order valence-corrected chi connectivity index (χ3v) is 6.24. The molecule has 0 unspecified atom stereocenters. The number of hydrogen-bond donors (Lipinski definition) is 0. The summed E-state index contributed by atoms with van der Waals surface area (Å²) in [5, 5.41) is 0.976. The molecule has 1 aromatic heterocycles. The Morgan fingerprint density at radius 1 is 1.13 bits per heavy atom. The number of ether oxygens (including phenoxy) is 2. The first-order valence-electron chi connectivity index (χ1n) is 10.8.